The molecule has 1 aromatic carbocycles. The van der Waals surface area contributed by atoms with Crippen LogP contribution < -0.4 is 0 Å². The van der Waals surface area contributed by atoms with Crippen LogP contribution in [-0.2, 0) is 12.8 Å². The maximum atomic E-state index is 11.0. The van der Waals surface area contributed by atoms with Crippen LogP contribution in [0.2, 0.25) is 0 Å². The maximum Gasteiger partial charge on any atom is 0.335 e. The molecule has 2 aromatic rings. The standard InChI is InChI=1S/C15H14N2O2S/c18-15(19)10-4-3-5-11(8-10)20-14-12-6-1-2-7-13(12)16-9-17-14/h3-5,8-9H,1-2,6-7H2,(H,18,19). The monoisotopic (exact) mass is 286 g/mol. The van der Waals surface area contributed by atoms with Crippen LogP contribution in [0.5, 0.6) is 0 Å². The Balaban J connectivity index is 1.91. The van der Waals surface area contributed by atoms with Gasteiger partial charge in [-0.05, 0) is 43.9 Å². The zero-order valence-corrected chi connectivity index (χ0v) is 11.7. The van der Waals surface area contributed by atoms with Crippen LogP contribution in [0, 0.1) is 0 Å². The first-order valence-electron chi connectivity index (χ1n) is 6.58. The molecule has 4 nitrogen and oxygen atoms in total. The van der Waals surface area contributed by atoms with Gasteiger partial charge in [-0.15, -0.1) is 0 Å². The van der Waals surface area contributed by atoms with Crippen molar-refractivity contribution in [2.24, 2.45) is 0 Å². The molecule has 1 heterocycles. The van der Waals surface area contributed by atoms with Crippen LogP contribution in [0.4, 0.5) is 0 Å². The van der Waals surface area contributed by atoms with Crippen LogP contribution in [0.25, 0.3) is 0 Å². The van der Waals surface area contributed by atoms with Gasteiger partial charge in [0.05, 0.1) is 5.56 Å². The first-order valence-corrected chi connectivity index (χ1v) is 7.39. The number of aromatic carboxylic acids is 1. The molecule has 1 N–H and O–H groups in total. The summed E-state index contributed by atoms with van der Waals surface area (Å²) in [6.07, 6.45) is 5.98. The SMILES string of the molecule is O=C(O)c1cccc(Sc2ncnc3c2CCCC3)c1. The minimum atomic E-state index is -0.905. The van der Waals surface area contributed by atoms with Gasteiger partial charge in [0, 0.05) is 16.2 Å². The molecule has 0 fully saturated rings. The molecule has 5 heteroatoms. The average molecular weight is 286 g/mol. The average Bonchev–Trinajstić information content (AvgIpc) is 2.48. The Kier molecular flexibility index (Phi) is 3.69. The predicted octanol–water partition coefficient (Wildman–Crippen LogP) is 3.20. The first-order chi connectivity index (χ1) is 9.74. The number of aromatic nitrogens is 2. The normalized spacial score (nSPS) is 13.8. The number of rotatable bonds is 3. The zero-order valence-electron chi connectivity index (χ0n) is 10.9. The second-order valence-corrected chi connectivity index (χ2v) is 5.81. The molecule has 0 saturated heterocycles. The highest BCUT2D eigenvalue weighted by Gasteiger charge is 2.16. The summed E-state index contributed by atoms with van der Waals surface area (Å²) >= 11 is 1.52. The minimum Gasteiger partial charge on any atom is -0.478 e. The van der Waals surface area contributed by atoms with Gasteiger partial charge in [0.1, 0.15) is 11.4 Å². The molecule has 0 unspecified atom stereocenters. The minimum absolute atomic E-state index is 0.304. The molecule has 0 atom stereocenters. The topological polar surface area (TPSA) is 63.1 Å². The van der Waals surface area contributed by atoms with Crippen LogP contribution in [0.15, 0.2) is 40.5 Å². The van der Waals surface area contributed by atoms with E-state index in [4.69, 9.17) is 5.11 Å². The van der Waals surface area contributed by atoms with E-state index in [1.54, 1.807) is 24.5 Å². The molecule has 102 valence electrons. The molecule has 3 rings (SSSR count). The summed E-state index contributed by atoms with van der Waals surface area (Å²) in [5.41, 5.74) is 2.67. The molecular formula is C15H14N2O2S. The van der Waals surface area contributed by atoms with Gasteiger partial charge < -0.3 is 5.11 Å². The van der Waals surface area contributed by atoms with Crippen molar-refractivity contribution in [3.8, 4) is 0 Å². The number of hydrogen-bond acceptors (Lipinski definition) is 4. The largest absolute Gasteiger partial charge is 0.478 e. The molecule has 1 aliphatic rings. The number of aryl methyl sites for hydroxylation is 1. The molecule has 0 radical (unpaired) electrons. The van der Waals surface area contributed by atoms with E-state index < -0.39 is 5.97 Å². The van der Waals surface area contributed by atoms with Gasteiger partial charge in [-0.25, -0.2) is 14.8 Å². The first kappa shape index (κ1) is 13.1. The molecule has 0 amide bonds. The van der Waals surface area contributed by atoms with Gasteiger partial charge >= 0.3 is 5.97 Å². The van der Waals surface area contributed by atoms with Crippen molar-refractivity contribution >= 4 is 17.7 Å². The fraction of sp³-hybridized carbons (Fsp3) is 0.267. The van der Waals surface area contributed by atoms with Crippen molar-refractivity contribution in [2.75, 3.05) is 0 Å². The van der Waals surface area contributed by atoms with E-state index in [1.165, 1.54) is 30.2 Å². The molecule has 0 bridgehead atoms. The third-order valence-corrected chi connectivity index (χ3v) is 4.42. The lowest BCUT2D eigenvalue weighted by Gasteiger charge is -2.16. The Morgan fingerprint density at radius 1 is 1.20 bits per heavy atom. The Morgan fingerprint density at radius 2 is 2.05 bits per heavy atom. The maximum absolute atomic E-state index is 11.0. The fourth-order valence-electron chi connectivity index (χ4n) is 2.38. The van der Waals surface area contributed by atoms with Crippen molar-refractivity contribution in [1.82, 2.24) is 9.97 Å². The lowest BCUT2D eigenvalue weighted by Crippen LogP contribution is -2.07. The summed E-state index contributed by atoms with van der Waals surface area (Å²) in [5.74, 6) is -0.905. The Hall–Kier alpha value is -1.88. The van der Waals surface area contributed by atoms with Crippen LogP contribution in [-0.4, -0.2) is 21.0 Å². The van der Waals surface area contributed by atoms with Crippen LogP contribution in [0.3, 0.4) is 0 Å². The lowest BCUT2D eigenvalue weighted by molar-refractivity contribution is 0.0696. The summed E-state index contributed by atoms with van der Waals surface area (Å²) in [7, 11) is 0. The summed E-state index contributed by atoms with van der Waals surface area (Å²) in [6.45, 7) is 0. The molecule has 0 spiro atoms. The van der Waals surface area contributed by atoms with E-state index in [0.717, 1.165) is 28.5 Å². The van der Waals surface area contributed by atoms with Gasteiger partial charge in [-0.3, -0.25) is 0 Å². The van der Waals surface area contributed by atoms with Gasteiger partial charge in [-0.1, -0.05) is 17.8 Å². The number of hydrogen-bond donors (Lipinski definition) is 1. The third-order valence-electron chi connectivity index (χ3n) is 3.38. The van der Waals surface area contributed by atoms with Gasteiger partial charge in [0.2, 0.25) is 0 Å². The molecule has 1 aliphatic carbocycles. The number of carboxylic acids is 1. The summed E-state index contributed by atoms with van der Waals surface area (Å²) in [4.78, 5) is 20.6. The molecule has 0 aliphatic heterocycles. The second-order valence-electron chi connectivity index (χ2n) is 4.75. The highest BCUT2D eigenvalue weighted by atomic mass is 32.2. The number of nitrogens with zero attached hydrogens (tertiary/aromatic N) is 2. The van der Waals surface area contributed by atoms with Gasteiger partial charge in [0.25, 0.3) is 0 Å². The molecule has 20 heavy (non-hydrogen) atoms. The van der Waals surface area contributed by atoms with E-state index in [9.17, 15) is 4.79 Å². The van der Waals surface area contributed by atoms with Gasteiger partial charge in [-0.2, -0.15) is 0 Å². The van der Waals surface area contributed by atoms with Gasteiger partial charge in [0.15, 0.2) is 0 Å². The summed E-state index contributed by atoms with van der Waals surface area (Å²) < 4.78 is 0. The number of fused-ring (bicyclic) bond motifs is 1. The van der Waals surface area contributed by atoms with Crippen molar-refractivity contribution in [3.05, 3.63) is 47.4 Å². The number of carboxylic acid groups (broad SMARTS) is 1. The van der Waals surface area contributed by atoms with Crippen molar-refractivity contribution in [2.45, 2.75) is 35.6 Å². The Labute approximate surface area is 121 Å². The van der Waals surface area contributed by atoms with Crippen LogP contribution in [0.1, 0.15) is 34.5 Å². The van der Waals surface area contributed by atoms with Crippen molar-refractivity contribution < 1.29 is 9.90 Å². The molecular weight excluding hydrogens is 272 g/mol. The molecule has 0 saturated carbocycles. The van der Waals surface area contributed by atoms with E-state index in [0.29, 0.717) is 5.56 Å². The Morgan fingerprint density at radius 3 is 2.90 bits per heavy atom. The lowest BCUT2D eigenvalue weighted by atomic mass is 9.98. The molecule has 1 aromatic heterocycles. The van der Waals surface area contributed by atoms with Crippen LogP contribution >= 0.6 is 11.8 Å². The second kappa shape index (κ2) is 5.63. The third kappa shape index (κ3) is 2.67. The van der Waals surface area contributed by atoms with Crippen molar-refractivity contribution in [1.29, 1.82) is 0 Å². The smallest absolute Gasteiger partial charge is 0.335 e. The zero-order chi connectivity index (χ0) is 13.9. The highest BCUT2D eigenvalue weighted by Crippen LogP contribution is 2.33. The predicted molar refractivity (Wildman–Crippen MR) is 76.2 cm³/mol. The quantitative estimate of drug-likeness (QED) is 0.878. The van der Waals surface area contributed by atoms with E-state index >= 15 is 0 Å². The summed E-state index contributed by atoms with van der Waals surface area (Å²) in [6, 6.07) is 6.96. The highest BCUT2D eigenvalue weighted by molar-refractivity contribution is 7.99. The number of carbonyl (C=O) groups is 1. The fourth-order valence-corrected chi connectivity index (χ4v) is 3.38. The van der Waals surface area contributed by atoms with E-state index in [-0.39, 0.29) is 0 Å². The van der Waals surface area contributed by atoms with Crippen molar-refractivity contribution in [3.63, 3.8) is 0 Å². The van der Waals surface area contributed by atoms with E-state index in [2.05, 4.69) is 9.97 Å². The van der Waals surface area contributed by atoms with E-state index in [1.807, 2.05) is 6.07 Å². The number of benzene rings is 1. The summed E-state index contributed by atoms with van der Waals surface area (Å²) in [5, 5.41) is 9.99. The Bertz CT molecular complexity index is 658.